The first-order valence-corrected chi connectivity index (χ1v) is 5.07. The van der Waals surface area contributed by atoms with Crippen molar-refractivity contribution < 1.29 is 0 Å². The van der Waals surface area contributed by atoms with Gasteiger partial charge in [0.2, 0.25) is 0 Å². The second kappa shape index (κ2) is 5.60. The molecule has 0 aliphatic carbocycles. The Morgan fingerprint density at radius 2 is 2.21 bits per heavy atom. The molecule has 1 N–H and O–H groups in total. The summed E-state index contributed by atoms with van der Waals surface area (Å²) < 4.78 is 0. The average Bonchev–Trinajstić information content (AvgIpc) is 2.19. The van der Waals surface area contributed by atoms with Gasteiger partial charge in [0.05, 0.1) is 5.69 Å². The molecule has 1 rings (SSSR count). The lowest BCUT2D eigenvalue weighted by Gasteiger charge is -2.13. The van der Waals surface area contributed by atoms with Crippen LogP contribution in [-0.4, -0.2) is 25.6 Å². The average molecular weight is 193 g/mol. The minimum absolute atomic E-state index is 0.857. The Morgan fingerprint density at radius 1 is 1.43 bits per heavy atom. The molecule has 3 nitrogen and oxygen atoms in total. The maximum absolute atomic E-state index is 4.30. The van der Waals surface area contributed by atoms with Crippen LogP contribution in [0.25, 0.3) is 0 Å². The van der Waals surface area contributed by atoms with Crippen molar-refractivity contribution in [3.05, 3.63) is 24.0 Å². The molecule has 1 aromatic rings. The van der Waals surface area contributed by atoms with Crippen LogP contribution in [0.3, 0.4) is 0 Å². The molecule has 0 bridgehead atoms. The number of aromatic nitrogens is 1. The number of rotatable bonds is 5. The monoisotopic (exact) mass is 193 g/mol. The van der Waals surface area contributed by atoms with Crippen LogP contribution >= 0.6 is 0 Å². The highest BCUT2D eigenvalue weighted by molar-refractivity contribution is 5.44. The standard InChI is InChI=1S/C11H19N3/c1-4-6-12-9-10-8-11(14(2)3)5-7-13-10/h5,7-8,12H,4,6,9H2,1-3H3. The smallest absolute Gasteiger partial charge is 0.0562 e. The molecule has 78 valence electrons. The van der Waals surface area contributed by atoms with Crippen molar-refractivity contribution in [2.24, 2.45) is 0 Å². The molecule has 0 spiro atoms. The Kier molecular flexibility index (Phi) is 4.40. The van der Waals surface area contributed by atoms with Gasteiger partial charge in [0.15, 0.2) is 0 Å². The third-order valence-electron chi connectivity index (χ3n) is 2.05. The molecule has 0 aliphatic heterocycles. The zero-order chi connectivity index (χ0) is 10.4. The van der Waals surface area contributed by atoms with Gasteiger partial charge in [-0.1, -0.05) is 6.92 Å². The summed E-state index contributed by atoms with van der Waals surface area (Å²) in [5.41, 5.74) is 2.30. The fourth-order valence-electron chi connectivity index (χ4n) is 1.23. The summed E-state index contributed by atoms with van der Waals surface area (Å²) in [4.78, 5) is 6.39. The van der Waals surface area contributed by atoms with E-state index in [1.165, 1.54) is 5.69 Å². The summed E-state index contributed by atoms with van der Waals surface area (Å²) in [7, 11) is 4.08. The number of nitrogens with zero attached hydrogens (tertiary/aromatic N) is 2. The Bertz CT molecular complexity index is 271. The first kappa shape index (κ1) is 11.0. The van der Waals surface area contributed by atoms with Crippen molar-refractivity contribution in [1.82, 2.24) is 10.3 Å². The maximum atomic E-state index is 4.30. The van der Waals surface area contributed by atoms with Crippen LogP contribution in [0.15, 0.2) is 18.3 Å². The van der Waals surface area contributed by atoms with Gasteiger partial charge in [0, 0.05) is 32.5 Å². The molecular formula is C11H19N3. The first-order valence-electron chi connectivity index (χ1n) is 5.07. The van der Waals surface area contributed by atoms with Crippen LogP contribution < -0.4 is 10.2 Å². The second-order valence-corrected chi connectivity index (χ2v) is 3.58. The molecule has 0 saturated heterocycles. The van der Waals surface area contributed by atoms with Crippen LogP contribution in [0.1, 0.15) is 19.0 Å². The fraction of sp³-hybridized carbons (Fsp3) is 0.545. The summed E-state index contributed by atoms with van der Waals surface area (Å²) in [5.74, 6) is 0. The summed E-state index contributed by atoms with van der Waals surface area (Å²) >= 11 is 0. The van der Waals surface area contributed by atoms with Crippen molar-refractivity contribution in [3.8, 4) is 0 Å². The van der Waals surface area contributed by atoms with Crippen LogP contribution in [0.5, 0.6) is 0 Å². The number of nitrogens with one attached hydrogen (secondary N) is 1. The Hall–Kier alpha value is -1.09. The first-order chi connectivity index (χ1) is 6.74. The van der Waals surface area contributed by atoms with Crippen molar-refractivity contribution in [1.29, 1.82) is 0 Å². The SMILES string of the molecule is CCCNCc1cc(N(C)C)ccn1. The molecule has 3 heteroatoms. The number of anilines is 1. The lowest BCUT2D eigenvalue weighted by Crippen LogP contribution is -2.15. The molecule has 1 heterocycles. The molecule has 0 aliphatic rings. The van der Waals surface area contributed by atoms with Crippen LogP contribution in [0.2, 0.25) is 0 Å². The normalized spacial score (nSPS) is 10.2. The van der Waals surface area contributed by atoms with Gasteiger partial charge in [0.1, 0.15) is 0 Å². The highest BCUT2D eigenvalue weighted by Crippen LogP contribution is 2.10. The molecule has 0 radical (unpaired) electrons. The van der Waals surface area contributed by atoms with E-state index in [1.807, 2.05) is 26.4 Å². The fourth-order valence-corrected chi connectivity index (χ4v) is 1.23. The van der Waals surface area contributed by atoms with E-state index >= 15 is 0 Å². The van der Waals surface area contributed by atoms with E-state index in [-0.39, 0.29) is 0 Å². The predicted molar refractivity (Wildman–Crippen MR) is 60.6 cm³/mol. The summed E-state index contributed by atoms with van der Waals surface area (Å²) in [6.45, 7) is 4.07. The van der Waals surface area contributed by atoms with Crippen LogP contribution in [0.4, 0.5) is 5.69 Å². The van der Waals surface area contributed by atoms with E-state index in [0.29, 0.717) is 0 Å². The Balaban J connectivity index is 2.55. The number of pyridine rings is 1. The van der Waals surface area contributed by atoms with E-state index in [0.717, 1.165) is 25.2 Å². The highest BCUT2D eigenvalue weighted by atomic mass is 15.1. The topological polar surface area (TPSA) is 28.2 Å². The van der Waals surface area contributed by atoms with Gasteiger partial charge in [-0.15, -0.1) is 0 Å². The molecule has 0 fully saturated rings. The minimum atomic E-state index is 0.857. The third-order valence-corrected chi connectivity index (χ3v) is 2.05. The van der Waals surface area contributed by atoms with Crippen LogP contribution in [0, 0.1) is 0 Å². The van der Waals surface area contributed by atoms with Gasteiger partial charge in [-0.05, 0) is 25.1 Å². The van der Waals surface area contributed by atoms with E-state index in [9.17, 15) is 0 Å². The zero-order valence-electron chi connectivity index (χ0n) is 9.25. The number of hydrogen-bond donors (Lipinski definition) is 1. The summed E-state index contributed by atoms with van der Waals surface area (Å²) in [5, 5.41) is 3.34. The van der Waals surface area contributed by atoms with Crippen molar-refractivity contribution in [2.45, 2.75) is 19.9 Å². The van der Waals surface area contributed by atoms with E-state index in [4.69, 9.17) is 0 Å². The van der Waals surface area contributed by atoms with E-state index in [1.54, 1.807) is 0 Å². The van der Waals surface area contributed by atoms with Gasteiger partial charge < -0.3 is 10.2 Å². The molecule has 0 atom stereocenters. The van der Waals surface area contributed by atoms with E-state index in [2.05, 4.69) is 28.2 Å². The quantitative estimate of drug-likeness (QED) is 0.721. The molecule has 0 saturated carbocycles. The van der Waals surface area contributed by atoms with Crippen molar-refractivity contribution in [2.75, 3.05) is 25.5 Å². The molecule has 14 heavy (non-hydrogen) atoms. The highest BCUT2D eigenvalue weighted by Gasteiger charge is 1.97. The summed E-state index contributed by atoms with van der Waals surface area (Å²) in [6.07, 6.45) is 3.02. The lowest BCUT2D eigenvalue weighted by atomic mass is 10.3. The third kappa shape index (κ3) is 3.34. The minimum Gasteiger partial charge on any atom is -0.378 e. The van der Waals surface area contributed by atoms with Gasteiger partial charge in [-0.3, -0.25) is 4.98 Å². The van der Waals surface area contributed by atoms with Gasteiger partial charge in [0.25, 0.3) is 0 Å². The molecule has 0 amide bonds. The largest absolute Gasteiger partial charge is 0.378 e. The Labute approximate surface area is 86.2 Å². The second-order valence-electron chi connectivity index (χ2n) is 3.58. The van der Waals surface area contributed by atoms with Crippen LogP contribution in [-0.2, 0) is 6.54 Å². The van der Waals surface area contributed by atoms with Gasteiger partial charge in [-0.2, -0.15) is 0 Å². The van der Waals surface area contributed by atoms with E-state index < -0.39 is 0 Å². The molecule has 1 aromatic heterocycles. The molecule has 0 unspecified atom stereocenters. The molecule has 0 aromatic carbocycles. The summed E-state index contributed by atoms with van der Waals surface area (Å²) in [6, 6.07) is 4.13. The maximum Gasteiger partial charge on any atom is 0.0562 e. The van der Waals surface area contributed by atoms with Crippen molar-refractivity contribution in [3.63, 3.8) is 0 Å². The number of hydrogen-bond acceptors (Lipinski definition) is 3. The van der Waals surface area contributed by atoms with Crippen molar-refractivity contribution >= 4 is 5.69 Å². The zero-order valence-corrected chi connectivity index (χ0v) is 9.25. The van der Waals surface area contributed by atoms with Gasteiger partial charge >= 0.3 is 0 Å². The lowest BCUT2D eigenvalue weighted by molar-refractivity contribution is 0.664. The van der Waals surface area contributed by atoms with Gasteiger partial charge in [-0.25, -0.2) is 0 Å². The predicted octanol–water partition coefficient (Wildman–Crippen LogP) is 1.65. The molecular weight excluding hydrogens is 174 g/mol. The Morgan fingerprint density at radius 3 is 2.86 bits per heavy atom.